The van der Waals surface area contributed by atoms with Gasteiger partial charge >= 0.3 is 6.09 Å². The first-order valence-electron chi connectivity index (χ1n) is 6.49. The summed E-state index contributed by atoms with van der Waals surface area (Å²) in [5.74, 6) is 0. The van der Waals surface area contributed by atoms with Gasteiger partial charge in [0.15, 0.2) is 0 Å². The number of nitrogens with one attached hydrogen (secondary N) is 2. The Morgan fingerprint density at radius 3 is 2.63 bits per heavy atom. The van der Waals surface area contributed by atoms with Crippen molar-refractivity contribution in [1.82, 2.24) is 0 Å². The first-order chi connectivity index (χ1) is 8.83. The minimum absolute atomic E-state index is 0.463. The van der Waals surface area contributed by atoms with Crippen LogP contribution in [-0.4, -0.2) is 17.7 Å². The normalized spacial score (nSPS) is 14.9. The molecule has 104 valence electrons. The number of hydrogen-bond donors (Lipinski definition) is 3. The van der Waals surface area contributed by atoms with Crippen molar-refractivity contribution in [2.45, 2.75) is 45.3 Å². The van der Waals surface area contributed by atoms with Crippen LogP contribution in [0.2, 0.25) is 0 Å². The summed E-state index contributed by atoms with van der Waals surface area (Å²) < 4.78 is 5.20. The second-order valence-electron chi connectivity index (χ2n) is 5.85. The average Bonchev–Trinajstić information content (AvgIpc) is 3.04. The molecule has 5 nitrogen and oxygen atoms in total. The monoisotopic (exact) mass is 263 g/mol. The molecule has 0 unspecified atom stereocenters. The summed E-state index contributed by atoms with van der Waals surface area (Å²) >= 11 is 0. The number of carbonyl (C=O) groups is 1. The van der Waals surface area contributed by atoms with Crippen molar-refractivity contribution >= 4 is 23.2 Å². The molecule has 0 bridgehead atoms. The van der Waals surface area contributed by atoms with E-state index in [4.69, 9.17) is 10.5 Å². The Morgan fingerprint density at radius 2 is 2.05 bits per heavy atom. The van der Waals surface area contributed by atoms with Gasteiger partial charge in [0.05, 0.1) is 11.4 Å². The van der Waals surface area contributed by atoms with Crippen molar-refractivity contribution in [3.8, 4) is 0 Å². The van der Waals surface area contributed by atoms with E-state index in [1.54, 1.807) is 12.1 Å². The van der Waals surface area contributed by atoms with Gasteiger partial charge in [-0.15, -0.1) is 0 Å². The van der Waals surface area contributed by atoms with E-state index < -0.39 is 11.7 Å². The Kier molecular flexibility index (Phi) is 3.55. The maximum absolute atomic E-state index is 11.7. The Labute approximate surface area is 113 Å². The van der Waals surface area contributed by atoms with E-state index in [9.17, 15) is 4.79 Å². The molecule has 1 aliphatic rings. The van der Waals surface area contributed by atoms with Crippen LogP contribution in [-0.2, 0) is 4.74 Å². The Balaban J connectivity index is 2.01. The van der Waals surface area contributed by atoms with Gasteiger partial charge in [-0.25, -0.2) is 4.79 Å². The summed E-state index contributed by atoms with van der Waals surface area (Å²) in [6, 6.07) is 5.88. The molecule has 1 aromatic rings. The molecule has 2 rings (SSSR count). The minimum atomic E-state index is -0.507. The van der Waals surface area contributed by atoms with Gasteiger partial charge in [-0.2, -0.15) is 0 Å². The largest absolute Gasteiger partial charge is 0.444 e. The van der Waals surface area contributed by atoms with Crippen LogP contribution in [0.15, 0.2) is 18.2 Å². The molecule has 1 saturated carbocycles. The average molecular weight is 263 g/mol. The molecule has 1 aromatic carbocycles. The van der Waals surface area contributed by atoms with Crippen molar-refractivity contribution < 1.29 is 9.53 Å². The van der Waals surface area contributed by atoms with Crippen molar-refractivity contribution in [3.05, 3.63) is 18.2 Å². The predicted octanol–water partition coefficient (Wildman–Crippen LogP) is 3.19. The highest BCUT2D eigenvalue weighted by Crippen LogP contribution is 2.30. The number of rotatable bonds is 3. The predicted molar refractivity (Wildman–Crippen MR) is 77.4 cm³/mol. The number of ether oxygens (including phenoxy) is 1. The molecule has 0 aliphatic heterocycles. The first-order valence-corrected chi connectivity index (χ1v) is 6.49. The molecular weight excluding hydrogens is 242 g/mol. The lowest BCUT2D eigenvalue weighted by molar-refractivity contribution is 0.0636. The number of nitrogen functional groups attached to an aromatic ring is 1. The second kappa shape index (κ2) is 4.99. The summed E-state index contributed by atoms with van der Waals surface area (Å²) in [5.41, 5.74) is 7.60. The van der Waals surface area contributed by atoms with Gasteiger partial charge in [-0.3, -0.25) is 5.32 Å². The number of hydrogen-bond acceptors (Lipinski definition) is 4. The fourth-order valence-electron chi connectivity index (χ4n) is 1.63. The highest BCUT2D eigenvalue weighted by molar-refractivity contribution is 5.87. The van der Waals surface area contributed by atoms with Crippen molar-refractivity contribution in [1.29, 1.82) is 0 Å². The Bertz CT molecular complexity index is 476. The maximum atomic E-state index is 11.7. The van der Waals surface area contributed by atoms with Crippen LogP contribution in [0.25, 0.3) is 0 Å². The number of nitrogens with two attached hydrogens (primary N) is 1. The summed E-state index contributed by atoms with van der Waals surface area (Å²) in [6.45, 7) is 5.49. The fourth-order valence-corrected chi connectivity index (χ4v) is 1.63. The third-order valence-electron chi connectivity index (χ3n) is 2.64. The summed E-state index contributed by atoms with van der Waals surface area (Å²) in [4.78, 5) is 11.7. The molecule has 0 atom stereocenters. The van der Waals surface area contributed by atoms with Gasteiger partial charge in [0.1, 0.15) is 5.60 Å². The van der Waals surface area contributed by atoms with E-state index in [1.165, 1.54) is 12.8 Å². The molecule has 1 aliphatic carbocycles. The lowest BCUT2D eigenvalue weighted by atomic mass is 10.2. The molecule has 0 spiro atoms. The molecule has 0 saturated heterocycles. The number of carbonyl (C=O) groups excluding carboxylic acids is 1. The summed E-state index contributed by atoms with van der Waals surface area (Å²) in [5, 5.41) is 6.03. The van der Waals surface area contributed by atoms with E-state index in [2.05, 4.69) is 10.6 Å². The number of amides is 1. The molecule has 4 N–H and O–H groups in total. The SMILES string of the molecule is CC(C)(C)OC(=O)Nc1ccc(N)c(NC2CC2)c1. The molecule has 0 aromatic heterocycles. The zero-order chi connectivity index (χ0) is 14.0. The highest BCUT2D eigenvalue weighted by Gasteiger charge is 2.22. The van der Waals surface area contributed by atoms with Crippen LogP contribution in [0.4, 0.5) is 21.9 Å². The molecule has 0 heterocycles. The van der Waals surface area contributed by atoms with Gasteiger partial charge in [0.2, 0.25) is 0 Å². The lowest BCUT2D eigenvalue weighted by Crippen LogP contribution is -2.27. The van der Waals surface area contributed by atoms with E-state index >= 15 is 0 Å². The zero-order valence-electron chi connectivity index (χ0n) is 11.6. The lowest BCUT2D eigenvalue weighted by Gasteiger charge is -2.20. The molecule has 0 radical (unpaired) electrons. The highest BCUT2D eigenvalue weighted by atomic mass is 16.6. The molecule has 1 fully saturated rings. The van der Waals surface area contributed by atoms with Crippen LogP contribution < -0.4 is 16.4 Å². The quantitative estimate of drug-likeness (QED) is 0.732. The van der Waals surface area contributed by atoms with Gasteiger partial charge < -0.3 is 15.8 Å². The number of benzene rings is 1. The van der Waals surface area contributed by atoms with Crippen LogP contribution in [0.3, 0.4) is 0 Å². The van der Waals surface area contributed by atoms with Crippen molar-refractivity contribution in [2.75, 3.05) is 16.4 Å². The minimum Gasteiger partial charge on any atom is -0.444 e. The van der Waals surface area contributed by atoms with Crippen LogP contribution in [0.1, 0.15) is 33.6 Å². The van der Waals surface area contributed by atoms with Gasteiger partial charge in [0, 0.05) is 11.7 Å². The molecule has 19 heavy (non-hydrogen) atoms. The molecule has 5 heteroatoms. The molecule has 1 amide bonds. The van der Waals surface area contributed by atoms with Crippen LogP contribution in [0, 0.1) is 0 Å². The van der Waals surface area contributed by atoms with E-state index in [-0.39, 0.29) is 0 Å². The summed E-state index contributed by atoms with van der Waals surface area (Å²) in [7, 11) is 0. The summed E-state index contributed by atoms with van der Waals surface area (Å²) in [6.07, 6.45) is 1.88. The third kappa shape index (κ3) is 4.35. The topological polar surface area (TPSA) is 76.4 Å². The maximum Gasteiger partial charge on any atom is 0.412 e. The Hall–Kier alpha value is -1.91. The van der Waals surface area contributed by atoms with E-state index in [0.717, 1.165) is 5.69 Å². The van der Waals surface area contributed by atoms with Crippen LogP contribution >= 0.6 is 0 Å². The number of anilines is 3. The first kappa shape index (κ1) is 13.5. The van der Waals surface area contributed by atoms with Gasteiger partial charge in [-0.05, 0) is 51.8 Å². The van der Waals surface area contributed by atoms with Gasteiger partial charge in [-0.1, -0.05) is 0 Å². The van der Waals surface area contributed by atoms with Crippen molar-refractivity contribution in [2.24, 2.45) is 0 Å². The van der Waals surface area contributed by atoms with Gasteiger partial charge in [0.25, 0.3) is 0 Å². The van der Waals surface area contributed by atoms with Crippen molar-refractivity contribution in [3.63, 3.8) is 0 Å². The smallest absolute Gasteiger partial charge is 0.412 e. The second-order valence-corrected chi connectivity index (χ2v) is 5.85. The van der Waals surface area contributed by atoms with E-state index in [1.807, 2.05) is 26.8 Å². The molecular formula is C14H21N3O2. The zero-order valence-corrected chi connectivity index (χ0v) is 11.6. The standard InChI is InChI=1S/C14H21N3O2/c1-14(2,3)19-13(18)17-10-6-7-11(15)12(8-10)16-9-4-5-9/h6-9,16H,4-5,15H2,1-3H3,(H,17,18). The third-order valence-corrected chi connectivity index (χ3v) is 2.64. The Morgan fingerprint density at radius 1 is 1.37 bits per heavy atom. The fraction of sp³-hybridized carbons (Fsp3) is 0.500. The van der Waals surface area contributed by atoms with E-state index in [0.29, 0.717) is 17.4 Å². The van der Waals surface area contributed by atoms with Crippen LogP contribution in [0.5, 0.6) is 0 Å².